The molecule has 0 saturated heterocycles. The van der Waals surface area contributed by atoms with Crippen LogP contribution in [-0.2, 0) is 20.7 Å². The van der Waals surface area contributed by atoms with Crippen molar-refractivity contribution in [2.45, 2.75) is 52.0 Å². The number of rotatable bonds is 8. The van der Waals surface area contributed by atoms with Crippen LogP contribution < -0.4 is 0 Å². The molecular weight excluding hydrogens is 290 g/mol. The quantitative estimate of drug-likeness (QED) is 0.692. The highest BCUT2D eigenvalue weighted by atomic mass is 16.5. The Morgan fingerprint density at radius 3 is 2.48 bits per heavy atom. The van der Waals surface area contributed by atoms with Crippen LogP contribution in [0.15, 0.2) is 24.3 Å². The van der Waals surface area contributed by atoms with Crippen molar-refractivity contribution in [3.8, 4) is 0 Å². The van der Waals surface area contributed by atoms with Gasteiger partial charge in [-0.2, -0.15) is 0 Å². The van der Waals surface area contributed by atoms with E-state index in [1.807, 2.05) is 11.8 Å². The van der Waals surface area contributed by atoms with Crippen LogP contribution >= 0.6 is 0 Å². The predicted molar refractivity (Wildman–Crippen MR) is 90.0 cm³/mol. The molecule has 4 heteroatoms. The lowest BCUT2D eigenvalue weighted by molar-refractivity contribution is -0.146. The zero-order valence-electron chi connectivity index (χ0n) is 14.4. The lowest BCUT2D eigenvalue weighted by Crippen LogP contribution is -2.38. The van der Waals surface area contributed by atoms with Gasteiger partial charge in [-0.3, -0.25) is 9.59 Å². The first-order valence-corrected chi connectivity index (χ1v) is 8.44. The number of ether oxygens (including phenoxy) is 1. The summed E-state index contributed by atoms with van der Waals surface area (Å²) in [5.74, 6) is -0.347. The molecule has 2 rings (SSSR count). The second kappa shape index (κ2) is 8.14. The highest BCUT2D eigenvalue weighted by molar-refractivity contribution is 5.78. The molecule has 0 aliphatic heterocycles. The molecule has 0 bridgehead atoms. The van der Waals surface area contributed by atoms with Crippen molar-refractivity contribution in [1.29, 1.82) is 0 Å². The average molecular weight is 317 g/mol. The van der Waals surface area contributed by atoms with E-state index in [9.17, 15) is 9.59 Å². The molecule has 0 spiro atoms. The summed E-state index contributed by atoms with van der Waals surface area (Å²) in [6.45, 7) is 4.37. The SMILES string of the molecule is COC(=O)C(C)CN(C(=O)CCCc1ccc(C)cc1)C1CC1. The summed E-state index contributed by atoms with van der Waals surface area (Å²) in [6.07, 6.45) is 4.41. The molecule has 0 aromatic heterocycles. The molecule has 1 saturated carbocycles. The third kappa shape index (κ3) is 5.38. The van der Waals surface area contributed by atoms with E-state index in [0.717, 1.165) is 25.7 Å². The molecule has 126 valence electrons. The van der Waals surface area contributed by atoms with Crippen molar-refractivity contribution < 1.29 is 14.3 Å². The molecule has 1 aliphatic rings. The summed E-state index contributed by atoms with van der Waals surface area (Å²) in [6, 6.07) is 8.78. The molecule has 23 heavy (non-hydrogen) atoms. The number of esters is 1. The molecule has 4 nitrogen and oxygen atoms in total. The highest BCUT2D eigenvalue weighted by Gasteiger charge is 2.34. The van der Waals surface area contributed by atoms with E-state index in [1.54, 1.807) is 0 Å². The Hall–Kier alpha value is -1.84. The number of methoxy groups -OCH3 is 1. The van der Waals surface area contributed by atoms with Gasteiger partial charge in [-0.15, -0.1) is 0 Å². The molecule has 0 N–H and O–H groups in total. The summed E-state index contributed by atoms with van der Waals surface area (Å²) in [7, 11) is 1.39. The molecule has 1 aliphatic carbocycles. The first kappa shape index (κ1) is 17.5. The first-order valence-electron chi connectivity index (χ1n) is 8.44. The normalized spacial score (nSPS) is 15.1. The van der Waals surface area contributed by atoms with Gasteiger partial charge >= 0.3 is 5.97 Å². The van der Waals surface area contributed by atoms with Crippen molar-refractivity contribution in [2.24, 2.45) is 5.92 Å². The zero-order valence-corrected chi connectivity index (χ0v) is 14.4. The maximum absolute atomic E-state index is 12.5. The second-order valence-corrected chi connectivity index (χ2v) is 6.54. The molecule has 1 aromatic rings. The number of aryl methyl sites for hydroxylation is 2. The minimum atomic E-state index is -0.262. The van der Waals surface area contributed by atoms with Gasteiger partial charge in [-0.1, -0.05) is 36.8 Å². The van der Waals surface area contributed by atoms with Crippen molar-refractivity contribution in [3.05, 3.63) is 35.4 Å². The Morgan fingerprint density at radius 1 is 1.26 bits per heavy atom. The molecule has 1 aromatic carbocycles. The Kier molecular flexibility index (Phi) is 6.20. The highest BCUT2D eigenvalue weighted by Crippen LogP contribution is 2.28. The second-order valence-electron chi connectivity index (χ2n) is 6.54. The molecule has 0 radical (unpaired) electrons. The van der Waals surface area contributed by atoms with Gasteiger partial charge in [0.05, 0.1) is 13.0 Å². The van der Waals surface area contributed by atoms with E-state index >= 15 is 0 Å². The Morgan fingerprint density at radius 2 is 1.91 bits per heavy atom. The lowest BCUT2D eigenvalue weighted by atomic mass is 10.1. The van der Waals surface area contributed by atoms with Crippen LogP contribution in [0.3, 0.4) is 0 Å². The van der Waals surface area contributed by atoms with Gasteiger partial charge in [-0.25, -0.2) is 0 Å². The van der Waals surface area contributed by atoms with Crippen LogP contribution in [0, 0.1) is 12.8 Å². The average Bonchev–Trinajstić information content (AvgIpc) is 3.38. The van der Waals surface area contributed by atoms with Crippen molar-refractivity contribution >= 4 is 11.9 Å². The van der Waals surface area contributed by atoms with Crippen molar-refractivity contribution in [1.82, 2.24) is 4.90 Å². The lowest BCUT2D eigenvalue weighted by Gasteiger charge is -2.25. The number of carbonyl (C=O) groups excluding carboxylic acids is 2. The first-order chi connectivity index (χ1) is 11.0. The molecule has 1 fully saturated rings. The van der Waals surface area contributed by atoms with Gasteiger partial charge in [0.2, 0.25) is 5.91 Å². The maximum Gasteiger partial charge on any atom is 0.310 e. The van der Waals surface area contributed by atoms with E-state index in [0.29, 0.717) is 19.0 Å². The van der Waals surface area contributed by atoms with Crippen molar-refractivity contribution in [2.75, 3.05) is 13.7 Å². The number of carbonyl (C=O) groups is 2. The zero-order chi connectivity index (χ0) is 16.8. The van der Waals surface area contributed by atoms with Crippen LogP contribution in [0.1, 0.15) is 43.7 Å². The fraction of sp³-hybridized carbons (Fsp3) is 0.579. The van der Waals surface area contributed by atoms with Crippen LogP contribution in [0.2, 0.25) is 0 Å². The summed E-state index contributed by atoms with van der Waals surface area (Å²) >= 11 is 0. The number of amides is 1. The van der Waals surface area contributed by atoms with Crippen LogP contribution in [-0.4, -0.2) is 36.5 Å². The third-order valence-electron chi connectivity index (χ3n) is 4.36. The topological polar surface area (TPSA) is 46.6 Å². The van der Waals surface area contributed by atoms with Crippen LogP contribution in [0.25, 0.3) is 0 Å². The number of benzene rings is 1. The summed E-state index contributed by atoms with van der Waals surface area (Å²) in [5.41, 5.74) is 2.52. The van der Waals surface area contributed by atoms with E-state index in [1.165, 1.54) is 18.2 Å². The predicted octanol–water partition coefficient (Wildman–Crippen LogP) is 3.12. The Balaban J connectivity index is 1.81. The van der Waals surface area contributed by atoms with E-state index in [4.69, 9.17) is 4.74 Å². The minimum Gasteiger partial charge on any atom is -0.469 e. The minimum absolute atomic E-state index is 0.162. The standard InChI is InChI=1S/C19H27NO3/c1-14-7-9-16(10-8-14)5-4-6-18(21)20(17-11-12-17)13-15(2)19(22)23-3/h7-10,15,17H,4-6,11-13H2,1-3H3. The van der Waals surface area contributed by atoms with Gasteiger partial charge in [-0.05, 0) is 38.2 Å². The Bertz CT molecular complexity index is 534. The van der Waals surface area contributed by atoms with E-state index in [2.05, 4.69) is 31.2 Å². The summed E-state index contributed by atoms with van der Waals surface area (Å²) < 4.78 is 4.76. The third-order valence-corrected chi connectivity index (χ3v) is 4.36. The molecule has 0 heterocycles. The molecular formula is C19H27NO3. The largest absolute Gasteiger partial charge is 0.469 e. The van der Waals surface area contributed by atoms with Gasteiger partial charge in [0, 0.05) is 19.0 Å². The summed E-state index contributed by atoms with van der Waals surface area (Å²) in [5, 5.41) is 0. The van der Waals surface area contributed by atoms with Crippen LogP contribution in [0.5, 0.6) is 0 Å². The Labute approximate surface area is 138 Å². The van der Waals surface area contributed by atoms with Gasteiger partial charge in [0.15, 0.2) is 0 Å². The van der Waals surface area contributed by atoms with E-state index < -0.39 is 0 Å². The number of hydrogen-bond acceptors (Lipinski definition) is 3. The van der Waals surface area contributed by atoms with Crippen LogP contribution in [0.4, 0.5) is 0 Å². The fourth-order valence-corrected chi connectivity index (χ4v) is 2.75. The van der Waals surface area contributed by atoms with Gasteiger partial charge < -0.3 is 9.64 Å². The monoisotopic (exact) mass is 317 g/mol. The number of hydrogen-bond donors (Lipinski definition) is 0. The molecule has 1 unspecified atom stereocenters. The fourth-order valence-electron chi connectivity index (χ4n) is 2.75. The van der Waals surface area contributed by atoms with Gasteiger partial charge in [0.25, 0.3) is 0 Å². The van der Waals surface area contributed by atoms with E-state index in [-0.39, 0.29) is 17.8 Å². The van der Waals surface area contributed by atoms with Gasteiger partial charge in [0.1, 0.15) is 0 Å². The van der Waals surface area contributed by atoms with Crippen molar-refractivity contribution in [3.63, 3.8) is 0 Å². The molecule has 1 amide bonds. The maximum atomic E-state index is 12.5. The molecule has 1 atom stereocenters. The smallest absolute Gasteiger partial charge is 0.310 e. The number of nitrogens with zero attached hydrogens (tertiary/aromatic N) is 1. The summed E-state index contributed by atoms with van der Waals surface area (Å²) in [4.78, 5) is 26.0.